The molecule has 0 radical (unpaired) electrons. The monoisotopic (exact) mass is 221 g/mol. The lowest BCUT2D eigenvalue weighted by Crippen LogP contribution is -2.16. The Balaban J connectivity index is 2.37. The Labute approximate surface area is 96.6 Å². The molecule has 0 amide bonds. The highest BCUT2D eigenvalue weighted by Gasteiger charge is 2.03. The van der Waals surface area contributed by atoms with E-state index in [2.05, 4.69) is 19.1 Å². The molecule has 3 nitrogen and oxygen atoms in total. The highest BCUT2D eigenvalue weighted by Crippen LogP contribution is 2.06. The van der Waals surface area contributed by atoms with Crippen molar-refractivity contribution in [1.82, 2.24) is 0 Å². The van der Waals surface area contributed by atoms with Crippen LogP contribution in [-0.4, -0.2) is 25.5 Å². The highest BCUT2D eigenvalue weighted by molar-refractivity contribution is 5.82. The number of Topliss-reactive ketones (excluding diaryl/α,β-unsaturated/α-hetero) is 1. The molecule has 0 aliphatic heterocycles. The van der Waals surface area contributed by atoms with Gasteiger partial charge in [-0.1, -0.05) is 31.2 Å². The van der Waals surface area contributed by atoms with Gasteiger partial charge in [-0.3, -0.25) is 4.79 Å². The maximum Gasteiger partial charge on any atom is 0.162 e. The van der Waals surface area contributed by atoms with Crippen molar-refractivity contribution in [2.45, 2.75) is 19.8 Å². The SMILES string of the molecule is CCc1ccc(CC(=O)COCCN)cc1. The molecule has 0 saturated carbocycles. The van der Waals surface area contributed by atoms with Gasteiger partial charge in [0, 0.05) is 13.0 Å². The summed E-state index contributed by atoms with van der Waals surface area (Å²) >= 11 is 0. The smallest absolute Gasteiger partial charge is 0.162 e. The van der Waals surface area contributed by atoms with E-state index in [1.807, 2.05) is 12.1 Å². The summed E-state index contributed by atoms with van der Waals surface area (Å²) in [5.41, 5.74) is 7.59. The zero-order chi connectivity index (χ0) is 11.8. The molecule has 1 aromatic carbocycles. The summed E-state index contributed by atoms with van der Waals surface area (Å²) in [6, 6.07) is 8.12. The number of hydrogen-bond acceptors (Lipinski definition) is 3. The Hall–Kier alpha value is -1.19. The average Bonchev–Trinajstić information content (AvgIpc) is 2.30. The summed E-state index contributed by atoms with van der Waals surface area (Å²) in [5, 5.41) is 0. The van der Waals surface area contributed by atoms with Gasteiger partial charge < -0.3 is 10.5 Å². The largest absolute Gasteiger partial charge is 0.372 e. The summed E-state index contributed by atoms with van der Waals surface area (Å²) in [6.07, 6.45) is 1.46. The second-order valence-electron chi connectivity index (χ2n) is 3.73. The molecule has 1 aromatic rings. The van der Waals surface area contributed by atoms with Gasteiger partial charge in [0.25, 0.3) is 0 Å². The molecule has 3 heteroatoms. The van der Waals surface area contributed by atoms with Gasteiger partial charge in [-0.2, -0.15) is 0 Å². The molecule has 88 valence electrons. The van der Waals surface area contributed by atoms with Crippen molar-refractivity contribution in [1.29, 1.82) is 0 Å². The Bertz CT molecular complexity index is 319. The van der Waals surface area contributed by atoms with Crippen LogP contribution >= 0.6 is 0 Å². The molecular weight excluding hydrogens is 202 g/mol. The fourth-order valence-electron chi connectivity index (χ4n) is 1.44. The van der Waals surface area contributed by atoms with Crippen molar-refractivity contribution in [3.05, 3.63) is 35.4 Å². The third-order valence-electron chi connectivity index (χ3n) is 2.36. The van der Waals surface area contributed by atoms with E-state index in [-0.39, 0.29) is 12.4 Å². The molecule has 0 aliphatic carbocycles. The van der Waals surface area contributed by atoms with Gasteiger partial charge in [0.2, 0.25) is 0 Å². The lowest BCUT2D eigenvalue weighted by atomic mass is 10.1. The predicted octanol–water partition coefficient (Wildman–Crippen LogP) is 1.34. The standard InChI is InChI=1S/C13H19NO2/c1-2-11-3-5-12(6-4-11)9-13(15)10-16-8-7-14/h3-6H,2,7-10,14H2,1H3. The minimum Gasteiger partial charge on any atom is -0.372 e. The fourth-order valence-corrected chi connectivity index (χ4v) is 1.44. The Morgan fingerprint density at radius 3 is 2.44 bits per heavy atom. The molecule has 1 rings (SSSR count). The number of benzene rings is 1. The fraction of sp³-hybridized carbons (Fsp3) is 0.462. The maximum absolute atomic E-state index is 11.5. The summed E-state index contributed by atoms with van der Waals surface area (Å²) < 4.78 is 5.09. The second kappa shape index (κ2) is 7.14. The Kier molecular flexibility index (Phi) is 5.75. The van der Waals surface area contributed by atoms with Gasteiger partial charge in [0.15, 0.2) is 5.78 Å². The first-order valence-corrected chi connectivity index (χ1v) is 5.63. The topological polar surface area (TPSA) is 52.3 Å². The molecule has 2 N–H and O–H groups in total. The normalized spacial score (nSPS) is 10.4. The molecule has 0 aromatic heterocycles. The number of ketones is 1. The second-order valence-corrected chi connectivity index (χ2v) is 3.73. The van der Waals surface area contributed by atoms with Crippen LogP contribution < -0.4 is 5.73 Å². The molecule has 0 saturated heterocycles. The van der Waals surface area contributed by atoms with E-state index in [4.69, 9.17) is 10.5 Å². The molecule has 0 bridgehead atoms. The molecule has 0 spiro atoms. The van der Waals surface area contributed by atoms with E-state index in [1.54, 1.807) is 0 Å². The van der Waals surface area contributed by atoms with Crippen molar-refractivity contribution in [2.75, 3.05) is 19.8 Å². The Morgan fingerprint density at radius 2 is 1.88 bits per heavy atom. The predicted molar refractivity (Wildman–Crippen MR) is 64.4 cm³/mol. The maximum atomic E-state index is 11.5. The van der Waals surface area contributed by atoms with Gasteiger partial charge in [0.05, 0.1) is 6.61 Å². The van der Waals surface area contributed by atoms with Crippen molar-refractivity contribution in [3.8, 4) is 0 Å². The summed E-state index contributed by atoms with van der Waals surface area (Å²) in [4.78, 5) is 11.5. The number of rotatable bonds is 7. The molecule has 0 fully saturated rings. The van der Waals surface area contributed by atoms with Crippen LogP contribution in [0.4, 0.5) is 0 Å². The van der Waals surface area contributed by atoms with Gasteiger partial charge in [-0.25, -0.2) is 0 Å². The first kappa shape index (κ1) is 12.9. The van der Waals surface area contributed by atoms with Crippen molar-refractivity contribution >= 4 is 5.78 Å². The minimum atomic E-state index is 0.0951. The summed E-state index contributed by atoms with van der Waals surface area (Å²) in [7, 11) is 0. The van der Waals surface area contributed by atoms with Crippen molar-refractivity contribution < 1.29 is 9.53 Å². The third kappa shape index (κ3) is 4.55. The number of ether oxygens (including phenoxy) is 1. The minimum absolute atomic E-state index is 0.0951. The number of carbonyl (C=O) groups is 1. The van der Waals surface area contributed by atoms with Crippen LogP contribution in [0.3, 0.4) is 0 Å². The quantitative estimate of drug-likeness (QED) is 0.707. The molecule has 0 heterocycles. The van der Waals surface area contributed by atoms with Crippen LogP contribution in [0.5, 0.6) is 0 Å². The van der Waals surface area contributed by atoms with Crippen LogP contribution in [0.25, 0.3) is 0 Å². The third-order valence-corrected chi connectivity index (χ3v) is 2.36. The summed E-state index contributed by atoms with van der Waals surface area (Å²) in [5.74, 6) is 0.0951. The molecule has 0 atom stereocenters. The van der Waals surface area contributed by atoms with Gasteiger partial charge in [0.1, 0.15) is 6.61 Å². The van der Waals surface area contributed by atoms with Crippen LogP contribution in [0.2, 0.25) is 0 Å². The van der Waals surface area contributed by atoms with Crippen molar-refractivity contribution in [3.63, 3.8) is 0 Å². The zero-order valence-corrected chi connectivity index (χ0v) is 9.74. The van der Waals surface area contributed by atoms with E-state index in [1.165, 1.54) is 5.56 Å². The van der Waals surface area contributed by atoms with Gasteiger partial charge in [-0.15, -0.1) is 0 Å². The molecule has 16 heavy (non-hydrogen) atoms. The van der Waals surface area contributed by atoms with Crippen LogP contribution in [-0.2, 0) is 22.4 Å². The zero-order valence-electron chi connectivity index (χ0n) is 9.74. The number of aryl methyl sites for hydroxylation is 1. The van der Waals surface area contributed by atoms with E-state index >= 15 is 0 Å². The van der Waals surface area contributed by atoms with Crippen LogP contribution in [0.15, 0.2) is 24.3 Å². The summed E-state index contributed by atoms with van der Waals surface area (Å²) in [6.45, 7) is 3.17. The Morgan fingerprint density at radius 1 is 1.25 bits per heavy atom. The van der Waals surface area contributed by atoms with Crippen LogP contribution in [0.1, 0.15) is 18.1 Å². The molecule has 0 aliphatic rings. The van der Waals surface area contributed by atoms with Crippen molar-refractivity contribution in [2.24, 2.45) is 5.73 Å². The van der Waals surface area contributed by atoms with E-state index in [0.717, 1.165) is 12.0 Å². The average molecular weight is 221 g/mol. The first-order valence-electron chi connectivity index (χ1n) is 5.63. The number of carbonyl (C=O) groups excluding carboxylic acids is 1. The number of nitrogens with two attached hydrogens (primary N) is 1. The molecule has 0 unspecified atom stereocenters. The van der Waals surface area contributed by atoms with E-state index < -0.39 is 0 Å². The lowest BCUT2D eigenvalue weighted by Gasteiger charge is -2.03. The van der Waals surface area contributed by atoms with Gasteiger partial charge >= 0.3 is 0 Å². The van der Waals surface area contributed by atoms with Crippen LogP contribution in [0, 0.1) is 0 Å². The highest BCUT2D eigenvalue weighted by atomic mass is 16.5. The lowest BCUT2D eigenvalue weighted by molar-refractivity contribution is -0.122. The van der Waals surface area contributed by atoms with E-state index in [0.29, 0.717) is 19.6 Å². The van der Waals surface area contributed by atoms with E-state index in [9.17, 15) is 4.79 Å². The van der Waals surface area contributed by atoms with Gasteiger partial charge in [-0.05, 0) is 17.5 Å². The first-order chi connectivity index (χ1) is 7.76. The molecular formula is C13H19NO2. The number of hydrogen-bond donors (Lipinski definition) is 1.